The summed E-state index contributed by atoms with van der Waals surface area (Å²) in [5.74, 6) is 0. The third-order valence-corrected chi connectivity index (χ3v) is 5.57. The van der Waals surface area contributed by atoms with E-state index in [1.54, 1.807) is 0 Å². The molecule has 0 radical (unpaired) electrons. The van der Waals surface area contributed by atoms with Crippen molar-refractivity contribution < 1.29 is 30.9 Å². The van der Waals surface area contributed by atoms with E-state index in [-0.39, 0.29) is 17.5 Å². The molecule has 0 spiro atoms. The van der Waals surface area contributed by atoms with Crippen LogP contribution < -0.4 is 10.2 Å². The van der Waals surface area contributed by atoms with Gasteiger partial charge in [-0.25, -0.2) is 0 Å². The van der Waals surface area contributed by atoms with E-state index in [9.17, 15) is 30.9 Å². The maximum atomic E-state index is 12.9. The first-order valence-corrected chi connectivity index (χ1v) is 9.32. The van der Waals surface area contributed by atoms with Crippen LogP contribution in [0.15, 0.2) is 48.5 Å². The van der Waals surface area contributed by atoms with Crippen LogP contribution in [0.1, 0.15) is 18.1 Å². The molecule has 0 unspecified atom stereocenters. The van der Waals surface area contributed by atoms with Gasteiger partial charge in [-0.2, -0.15) is 26.3 Å². The van der Waals surface area contributed by atoms with Crippen molar-refractivity contribution in [2.75, 3.05) is 16.3 Å². The molecule has 0 saturated heterocycles. The Morgan fingerprint density at radius 3 is 1.50 bits per heavy atom. The lowest BCUT2D eigenvalue weighted by molar-refractivity contribution is -0.138. The van der Waals surface area contributed by atoms with E-state index in [0.29, 0.717) is 0 Å². The second kappa shape index (κ2) is 7.23. The van der Waals surface area contributed by atoms with Gasteiger partial charge in [0.15, 0.2) is 0 Å². The molecule has 2 rings (SSSR count). The van der Waals surface area contributed by atoms with Crippen molar-refractivity contribution in [3.05, 3.63) is 59.7 Å². The van der Waals surface area contributed by atoms with Crippen molar-refractivity contribution in [1.29, 1.82) is 0 Å². The molecule has 0 fully saturated rings. The maximum Gasteiger partial charge on any atom is 0.416 e. The van der Waals surface area contributed by atoms with E-state index < -0.39 is 30.9 Å². The lowest BCUT2D eigenvalue weighted by Crippen LogP contribution is -2.11. The summed E-state index contributed by atoms with van der Waals surface area (Å²) in [5, 5.41) is 4.97. The quantitative estimate of drug-likeness (QED) is 0.450. The summed E-state index contributed by atoms with van der Waals surface area (Å²) >= 11 is 0. The molecule has 142 valence electrons. The number of halogens is 6. The average molecular weight is 396 g/mol. The molecule has 10 heteroatoms. The predicted molar refractivity (Wildman–Crippen MR) is 88.3 cm³/mol. The van der Waals surface area contributed by atoms with Gasteiger partial charge in [-0.05, 0) is 36.4 Å². The van der Waals surface area contributed by atoms with Crippen LogP contribution in [-0.2, 0) is 16.9 Å². The van der Waals surface area contributed by atoms with Crippen LogP contribution in [0.3, 0.4) is 0 Å². The Labute approximate surface area is 145 Å². The van der Waals surface area contributed by atoms with Gasteiger partial charge in [0, 0.05) is 17.5 Å². The van der Waals surface area contributed by atoms with E-state index in [2.05, 4.69) is 10.2 Å². The van der Waals surface area contributed by atoms with Crippen LogP contribution >= 0.6 is 7.44 Å². The zero-order valence-electron chi connectivity index (χ0n) is 13.4. The molecular formula is C16H15F6N2OP. The minimum Gasteiger partial charge on any atom is -0.320 e. The molecule has 0 aliphatic heterocycles. The van der Waals surface area contributed by atoms with E-state index >= 15 is 0 Å². The number of hydrogen-bond acceptors (Lipinski definition) is 1. The van der Waals surface area contributed by atoms with Crippen LogP contribution in [0.4, 0.5) is 37.7 Å². The van der Waals surface area contributed by atoms with Gasteiger partial charge >= 0.3 is 12.4 Å². The highest BCUT2D eigenvalue weighted by Crippen LogP contribution is 2.46. The SMILES string of the molecule is CCP(=O)(Nc1cccc(C(F)(F)F)c1)Nc1cccc(C(F)(F)F)c1. The molecule has 2 N–H and O–H groups in total. The Morgan fingerprint density at radius 2 is 1.19 bits per heavy atom. The molecule has 0 heterocycles. The highest BCUT2D eigenvalue weighted by atomic mass is 31.2. The summed E-state index contributed by atoms with van der Waals surface area (Å²) in [4.78, 5) is 0. The first kappa shape index (κ1) is 20.2. The Hall–Kier alpha value is -2.15. The minimum atomic E-state index is -4.57. The molecule has 0 aliphatic carbocycles. The van der Waals surface area contributed by atoms with Gasteiger partial charge < -0.3 is 10.2 Å². The summed E-state index contributed by atoms with van der Waals surface area (Å²) in [6.45, 7) is 1.50. The number of anilines is 2. The third kappa shape index (κ3) is 5.17. The Bertz CT molecular complexity index is 755. The van der Waals surface area contributed by atoms with Crippen molar-refractivity contribution in [1.82, 2.24) is 0 Å². The summed E-state index contributed by atoms with van der Waals surface area (Å²) in [6, 6.07) is 8.19. The molecule has 0 aromatic heterocycles. The second-order valence-electron chi connectivity index (χ2n) is 5.44. The zero-order valence-corrected chi connectivity index (χ0v) is 14.3. The number of alkyl halides is 6. The van der Waals surface area contributed by atoms with Gasteiger partial charge in [0.05, 0.1) is 11.1 Å². The summed E-state index contributed by atoms with van der Waals surface area (Å²) in [5.41, 5.74) is -1.96. The molecule has 2 aromatic rings. The van der Waals surface area contributed by atoms with Gasteiger partial charge in [-0.1, -0.05) is 19.1 Å². The number of hydrogen-bond donors (Lipinski definition) is 2. The highest BCUT2D eigenvalue weighted by Gasteiger charge is 2.32. The average Bonchev–Trinajstić information content (AvgIpc) is 2.53. The van der Waals surface area contributed by atoms with Crippen LogP contribution in [0.5, 0.6) is 0 Å². The van der Waals surface area contributed by atoms with Crippen LogP contribution in [-0.4, -0.2) is 6.16 Å². The molecule has 2 aromatic carbocycles. The molecule has 0 bridgehead atoms. The van der Waals surface area contributed by atoms with E-state index in [1.165, 1.54) is 19.1 Å². The minimum absolute atomic E-state index is 0.0422. The van der Waals surface area contributed by atoms with Crippen molar-refractivity contribution >= 4 is 18.8 Å². The Kier molecular flexibility index (Phi) is 5.61. The lowest BCUT2D eigenvalue weighted by Gasteiger charge is -2.22. The predicted octanol–water partition coefficient (Wildman–Crippen LogP) is 6.46. The van der Waals surface area contributed by atoms with Crippen LogP contribution in [0.2, 0.25) is 0 Å². The standard InChI is InChI=1S/C16H15F6N2OP/c1-2-26(25,23-13-7-3-5-11(9-13)15(17,18)19)24-14-8-4-6-12(10-14)16(20,21)22/h3-10H,2H2,1H3,(H2,23,24,25). The fourth-order valence-corrected chi connectivity index (χ4v) is 3.62. The smallest absolute Gasteiger partial charge is 0.320 e. The van der Waals surface area contributed by atoms with Gasteiger partial charge in [0.1, 0.15) is 0 Å². The van der Waals surface area contributed by atoms with E-state index in [0.717, 1.165) is 36.4 Å². The first-order valence-electron chi connectivity index (χ1n) is 7.43. The highest BCUT2D eigenvalue weighted by molar-refractivity contribution is 7.66. The summed E-state index contributed by atoms with van der Waals surface area (Å²) < 4.78 is 89.5. The van der Waals surface area contributed by atoms with Gasteiger partial charge in [-0.3, -0.25) is 4.57 Å². The molecule has 0 saturated carbocycles. The molecule has 0 atom stereocenters. The van der Waals surface area contributed by atoms with Crippen LogP contribution in [0.25, 0.3) is 0 Å². The summed E-state index contributed by atoms with van der Waals surface area (Å²) in [7, 11) is -3.52. The lowest BCUT2D eigenvalue weighted by atomic mass is 10.2. The van der Waals surface area contributed by atoms with Crippen molar-refractivity contribution in [3.63, 3.8) is 0 Å². The molecule has 26 heavy (non-hydrogen) atoms. The first-order chi connectivity index (χ1) is 11.9. The fraction of sp³-hybridized carbons (Fsp3) is 0.250. The molecular weight excluding hydrogens is 381 g/mol. The monoisotopic (exact) mass is 396 g/mol. The molecule has 0 amide bonds. The number of rotatable bonds is 5. The van der Waals surface area contributed by atoms with Gasteiger partial charge in [0.2, 0.25) is 0 Å². The molecule has 3 nitrogen and oxygen atoms in total. The van der Waals surface area contributed by atoms with Crippen molar-refractivity contribution in [2.24, 2.45) is 0 Å². The third-order valence-electron chi connectivity index (χ3n) is 3.44. The fourth-order valence-electron chi connectivity index (χ4n) is 2.13. The number of benzene rings is 2. The second-order valence-corrected chi connectivity index (χ2v) is 8.00. The summed E-state index contributed by atoms with van der Waals surface area (Å²) in [6.07, 6.45) is -9.18. The normalized spacial score (nSPS) is 12.7. The maximum absolute atomic E-state index is 12.9. The van der Waals surface area contributed by atoms with Gasteiger partial charge in [0.25, 0.3) is 7.44 Å². The van der Waals surface area contributed by atoms with Crippen molar-refractivity contribution in [3.8, 4) is 0 Å². The van der Waals surface area contributed by atoms with Crippen molar-refractivity contribution in [2.45, 2.75) is 19.3 Å². The largest absolute Gasteiger partial charge is 0.416 e. The Balaban J connectivity index is 2.26. The zero-order chi connectivity index (χ0) is 19.6. The topological polar surface area (TPSA) is 41.1 Å². The van der Waals surface area contributed by atoms with E-state index in [1.807, 2.05) is 0 Å². The van der Waals surface area contributed by atoms with Gasteiger partial charge in [-0.15, -0.1) is 0 Å². The van der Waals surface area contributed by atoms with E-state index in [4.69, 9.17) is 0 Å². The van der Waals surface area contributed by atoms with Crippen LogP contribution in [0, 0.1) is 0 Å². The molecule has 0 aliphatic rings. The number of nitrogens with one attached hydrogen (secondary N) is 2. The Morgan fingerprint density at radius 1 is 0.808 bits per heavy atom.